The first-order valence-electron chi connectivity index (χ1n) is 12.0. The molecule has 4 heterocycles. The number of aliphatic hydroxyl groups excluding tert-OH is 1. The Labute approximate surface area is 240 Å². The van der Waals surface area contributed by atoms with Gasteiger partial charge < -0.3 is 5.11 Å². The molecule has 0 aliphatic carbocycles. The number of carbonyl (C=O) groups excluding carboxylic acids is 2. The van der Waals surface area contributed by atoms with Gasteiger partial charge in [0.05, 0.1) is 17.3 Å². The van der Waals surface area contributed by atoms with Gasteiger partial charge in [-0.2, -0.15) is 0 Å². The standard InChI is InChI=1S/C28H19ClFN5O3S2/c1-15-22(34-12-5-4-11-20(34)31-15)24(36)21-23(16-8-6-9-18(29)13-16)35(26(38)25(21)37)27-32-33-28(40-27)39-14-17-7-2-3-10-19(17)30/h2-13,23,36H,14H2,1H3. The molecule has 1 saturated heterocycles. The number of aryl methyl sites for hydroxylation is 1. The number of aliphatic hydroxyl groups is 1. The van der Waals surface area contributed by atoms with Gasteiger partial charge in [-0.05, 0) is 48.4 Å². The molecule has 200 valence electrons. The van der Waals surface area contributed by atoms with Crippen molar-refractivity contribution in [3.8, 4) is 0 Å². The Balaban J connectivity index is 1.45. The number of imidazole rings is 1. The number of nitrogens with zero attached hydrogens (tertiary/aromatic N) is 5. The number of thioether (sulfide) groups is 1. The van der Waals surface area contributed by atoms with E-state index in [2.05, 4.69) is 15.2 Å². The van der Waals surface area contributed by atoms with E-state index in [9.17, 15) is 19.1 Å². The van der Waals surface area contributed by atoms with Crippen LogP contribution in [0, 0.1) is 12.7 Å². The van der Waals surface area contributed by atoms with Crippen molar-refractivity contribution in [2.75, 3.05) is 4.90 Å². The van der Waals surface area contributed by atoms with Crippen molar-refractivity contribution in [2.45, 2.75) is 23.1 Å². The Kier molecular flexibility index (Phi) is 6.87. The number of Topliss-reactive ketones (excluding diaryl/α,β-unsaturated/α-hetero) is 1. The van der Waals surface area contributed by atoms with E-state index >= 15 is 0 Å². The van der Waals surface area contributed by atoms with Gasteiger partial charge in [0.25, 0.3) is 5.78 Å². The fraction of sp³-hybridized carbons (Fsp3) is 0.107. The number of halogens is 2. The van der Waals surface area contributed by atoms with Crippen LogP contribution in [0.5, 0.6) is 0 Å². The average Bonchev–Trinajstić information content (AvgIpc) is 3.61. The van der Waals surface area contributed by atoms with E-state index in [4.69, 9.17) is 11.6 Å². The van der Waals surface area contributed by atoms with E-state index < -0.39 is 17.7 Å². The molecule has 1 aliphatic heterocycles. The lowest BCUT2D eigenvalue weighted by molar-refractivity contribution is -0.132. The number of pyridine rings is 1. The van der Waals surface area contributed by atoms with Crippen LogP contribution < -0.4 is 4.90 Å². The van der Waals surface area contributed by atoms with Crippen LogP contribution in [0.15, 0.2) is 82.8 Å². The number of hydrogen-bond acceptors (Lipinski definition) is 8. The number of carbonyl (C=O) groups is 2. The molecule has 0 radical (unpaired) electrons. The second-order valence-corrected chi connectivity index (χ2v) is 11.5. The molecule has 3 aromatic heterocycles. The predicted molar refractivity (Wildman–Crippen MR) is 152 cm³/mol. The molecule has 1 atom stereocenters. The van der Waals surface area contributed by atoms with Crippen molar-refractivity contribution in [3.63, 3.8) is 0 Å². The Morgan fingerprint density at radius 2 is 1.90 bits per heavy atom. The molecule has 1 unspecified atom stereocenters. The molecule has 1 amide bonds. The van der Waals surface area contributed by atoms with Crippen LogP contribution in [0.1, 0.15) is 28.6 Å². The normalized spacial score (nSPS) is 16.8. The van der Waals surface area contributed by atoms with E-state index in [1.165, 1.54) is 22.7 Å². The van der Waals surface area contributed by atoms with Crippen molar-refractivity contribution < 1.29 is 19.1 Å². The molecule has 6 rings (SSSR count). The molecule has 40 heavy (non-hydrogen) atoms. The Bertz CT molecular complexity index is 1840. The van der Waals surface area contributed by atoms with Crippen LogP contribution >= 0.6 is 34.7 Å². The zero-order chi connectivity index (χ0) is 28.0. The van der Waals surface area contributed by atoms with Crippen LogP contribution in [0.2, 0.25) is 5.02 Å². The maximum Gasteiger partial charge on any atom is 0.301 e. The van der Waals surface area contributed by atoms with Gasteiger partial charge in [-0.15, -0.1) is 10.2 Å². The average molecular weight is 592 g/mol. The fourth-order valence-corrected chi connectivity index (χ4v) is 6.71. The zero-order valence-corrected chi connectivity index (χ0v) is 23.2. The summed E-state index contributed by atoms with van der Waals surface area (Å²) in [5.74, 6) is -2.11. The van der Waals surface area contributed by atoms with Gasteiger partial charge in [0.1, 0.15) is 17.2 Å². The first-order chi connectivity index (χ1) is 19.3. The second kappa shape index (κ2) is 10.5. The molecule has 2 aromatic carbocycles. The molecular formula is C28H19ClFN5O3S2. The van der Waals surface area contributed by atoms with Gasteiger partial charge in [0, 0.05) is 17.0 Å². The molecule has 1 fully saturated rings. The van der Waals surface area contributed by atoms with Gasteiger partial charge >= 0.3 is 5.91 Å². The highest BCUT2D eigenvalue weighted by molar-refractivity contribution is 8.00. The maximum atomic E-state index is 14.1. The first kappa shape index (κ1) is 26.2. The van der Waals surface area contributed by atoms with Crippen molar-refractivity contribution in [2.24, 2.45) is 0 Å². The molecule has 0 bridgehead atoms. The maximum absolute atomic E-state index is 14.1. The van der Waals surface area contributed by atoms with Crippen LogP contribution in [-0.4, -0.2) is 36.4 Å². The lowest BCUT2D eigenvalue weighted by atomic mass is 9.96. The summed E-state index contributed by atoms with van der Waals surface area (Å²) >= 11 is 8.66. The van der Waals surface area contributed by atoms with E-state index in [1.807, 2.05) is 6.07 Å². The van der Waals surface area contributed by atoms with Crippen molar-refractivity contribution in [1.29, 1.82) is 0 Å². The Hall–Kier alpha value is -4.06. The smallest absolute Gasteiger partial charge is 0.301 e. The summed E-state index contributed by atoms with van der Waals surface area (Å²) in [5, 5.41) is 20.5. The number of anilines is 1. The van der Waals surface area contributed by atoms with Gasteiger partial charge in [-0.3, -0.25) is 18.9 Å². The summed E-state index contributed by atoms with van der Waals surface area (Å²) in [6.07, 6.45) is 1.72. The molecule has 1 aliphatic rings. The minimum atomic E-state index is -1.02. The van der Waals surface area contributed by atoms with E-state index in [0.717, 1.165) is 11.3 Å². The topological polar surface area (TPSA) is 101 Å². The third-order valence-corrected chi connectivity index (χ3v) is 8.79. The number of rotatable bonds is 6. The number of fused-ring (bicyclic) bond motifs is 1. The van der Waals surface area contributed by atoms with Crippen LogP contribution in [0.25, 0.3) is 11.4 Å². The third kappa shape index (κ3) is 4.55. The Morgan fingerprint density at radius 1 is 1.10 bits per heavy atom. The molecular weight excluding hydrogens is 573 g/mol. The molecule has 8 nitrogen and oxygen atoms in total. The van der Waals surface area contributed by atoms with Gasteiger partial charge in [0.2, 0.25) is 5.13 Å². The monoisotopic (exact) mass is 591 g/mol. The van der Waals surface area contributed by atoms with Crippen LogP contribution in [-0.2, 0) is 15.3 Å². The van der Waals surface area contributed by atoms with E-state index in [0.29, 0.717) is 43.3 Å². The molecule has 1 N–H and O–H groups in total. The predicted octanol–water partition coefficient (Wildman–Crippen LogP) is 6.21. The van der Waals surface area contributed by atoms with Gasteiger partial charge in [0.15, 0.2) is 10.1 Å². The molecule has 0 saturated carbocycles. The number of benzene rings is 2. The SMILES string of the molecule is Cc1nc2ccccn2c1C(O)=C1C(=O)C(=O)N(c2nnc(SCc3ccccc3F)s2)C1c1cccc(Cl)c1. The quantitative estimate of drug-likeness (QED) is 0.0824. The van der Waals surface area contributed by atoms with Gasteiger partial charge in [-0.1, -0.05) is 71.1 Å². The number of hydrogen-bond donors (Lipinski definition) is 1. The van der Waals surface area contributed by atoms with Crippen molar-refractivity contribution >= 4 is 62.9 Å². The molecule has 12 heteroatoms. The zero-order valence-electron chi connectivity index (χ0n) is 20.8. The van der Waals surface area contributed by atoms with E-state index in [1.54, 1.807) is 72.1 Å². The van der Waals surface area contributed by atoms with Crippen LogP contribution in [0.3, 0.4) is 0 Å². The summed E-state index contributed by atoms with van der Waals surface area (Å²) in [6.45, 7) is 1.72. The third-order valence-electron chi connectivity index (χ3n) is 6.45. The second-order valence-electron chi connectivity index (χ2n) is 8.93. The summed E-state index contributed by atoms with van der Waals surface area (Å²) in [4.78, 5) is 32.7. The molecule has 5 aromatic rings. The lowest BCUT2D eigenvalue weighted by Gasteiger charge is -2.22. The summed E-state index contributed by atoms with van der Waals surface area (Å²) in [7, 11) is 0. The number of ketones is 1. The largest absolute Gasteiger partial charge is 0.505 e. The fourth-order valence-electron chi connectivity index (χ4n) is 4.66. The minimum Gasteiger partial charge on any atom is -0.505 e. The van der Waals surface area contributed by atoms with Gasteiger partial charge in [-0.25, -0.2) is 9.37 Å². The number of aromatic nitrogens is 4. The minimum absolute atomic E-state index is 0.114. The highest BCUT2D eigenvalue weighted by Gasteiger charge is 2.49. The number of amides is 1. The first-order valence-corrected chi connectivity index (χ1v) is 14.2. The molecule has 0 spiro atoms. The summed E-state index contributed by atoms with van der Waals surface area (Å²) < 4.78 is 16.2. The summed E-state index contributed by atoms with van der Waals surface area (Å²) in [6, 6.07) is 17.5. The Morgan fingerprint density at radius 3 is 2.70 bits per heavy atom. The lowest BCUT2D eigenvalue weighted by Crippen LogP contribution is -2.29. The highest BCUT2D eigenvalue weighted by Crippen LogP contribution is 2.44. The summed E-state index contributed by atoms with van der Waals surface area (Å²) in [5.41, 5.74) is 2.27. The van der Waals surface area contributed by atoms with Crippen molar-refractivity contribution in [1.82, 2.24) is 19.6 Å². The highest BCUT2D eigenvalue weighted by atomic mass is 35.5. The van der Waals surface area contributed by atoms with Crippen molar-refractivity contribution in [3.05, 3.63) is 112 Å². The van der Waals surface area contributed by atoms with Crippen LogP contribution in [0.4, 0.5) is 9.52 Å². The van der Waals surface area contributed by atoms with E-state index in [-0.39, 0.29) is 22.3 Å².